The Kier molecular flexibility index (Phi) is 7.53. The van der Waals surface area contributed by atoms with E-state index in [4.69, 9.17) is 4.42 Å². The van der Waals surface area contributed by atoms with Gasteiger partial charge in [0.05, 0.1) is 0 Å². The first-order valence-electron chi connectivity index (χ1n) is 17.0. The Hall–Kier alpha value is -6.64. The number of rotatable bonds is 7. The lowest BCUT2D eigenvalue weighted by molar-refractivity contribution is 0.671. The van der Waals surface area contributed by atoms with Crippen LogP contribution in [0.5, 0.6) is 0 Å². The number of hydrogen-bond donors (Lipinski definition) is 0. The summed E-state index contributed by atoms with van der Waals surface area (Å²) in [5.74, 6) is 0. The van der Waals surface area contributed by atoms with Crippen LogP contribution in [0.3, 0.4) is 0 Å². The Balaban J connectivity index is 1.03. The highest BCUT2D eigenvalue weighted by atomic mass is 16.3. The summed E-state index contributed by atoms with van der Waals surface area (Å²) >= 11 is 0. The maximum Gasteiger partial charge on any atom is 0.143 e. The second-order valence-electron chi connectivity index (χ2n) is 12.5. The van der Waals surface area contributed by atoms with E-state index in [0.717, 1.165) is 61.3 Å². The van der Waals surface area contributed by atoms with Gasteiger partial charge in [0.15, 0.2) is 0 Å². The summed E-state index contributed by atoms with van der Waals surface area (Å²) in [4.78, 5) is 2.30. The molecule has 0 fully saturated rings. The number of furan rings is 1. The van der Waals surface area contributed by atoms with Gasteiger partial charge in [-0.15, -0.1) is 0 Å². The molecule has 9 rings (SSSR count). The van der Waals surface area contributed by atoms with Gasteiger partial charge in [0.2, 0.25) is 0 Å². The van der Waals surface area contributed by atoms with Crippen LogP contribution in [0.15, 0.2) is 205 Å². The van der Waals surface area contributed by atoms with E-state index in [2.05, 4.69) is 199 Å². The summed E-state index contributed by atoms with van der Waals surface area (Å²) in [5, 5.41) is 2.27. The minimum Gasteiger partial charge on any atom is -0.455 e. The molecule has 1 aromatic heterocycles. The van der Waals surface area contributed by atoms with E-state index in [-0.39, 0.29) is 0 Å². The Morgan fingerprint density at radius 1 is 0.260 bits per heavy atom. The normalized spacial score (nSPS) is 11.2. The Labute approximate surface area is 292 Å². The first-order valence-corrected chi connectivity index (χ1v) is 17.0. The highest BCUT2D eigenvalue weighted by molar-refractivity contribution is 6.13. The number of benzene rings is 8. The lowest BCUT2D eigenvalue weighted by Gasteiger charge is -2.26. The van der Waals surface area contributed by atoms with E-state index in [1.165, 1.54) is 22.3 Å². The van der Waals surface area contributed by atoms with Gasteiger partial charge in [-0.05, 0) is 69.8 Å². The molecule has 236 valence electrons. The van der Waals surface area contributed by atoms with Gasteiger partial charge < -0.3 is 9.32 Å². The summed E-state index contributed by atoms with van der Waals surface area (Å²) in [5.41, 5.74) is 14.4. The second kappa shape index (κ2) is 12.8. The molecule has 1 heterocycles. The molecule has 9 aromatic rings. The number of fused-ring (bicyclic) bond motifs is 3. The zero-order valence-electron chi connectivity index (χ0n) is 27.4. The second-order valence-corrected chi connectivity index (χ2v) is 12.5. The molecule has 0 aliphatic rings. The summed E-state index contributed by atoms with van der Waals surface area (Å²) in [6.45, 7) is 0. The van der Waals surface area contributed by atoms with E-state index in [9.17, 15) is 0 Å². The van der Waals surface area contributed by atoms with Crippen LogP contribution in [-0.2, 0) is 0 Å². The summed E-state index contributed by atoms with van der Waals surface area (Å²) in [7, 11) is 0. The molecular weight excluding hydrogens is 607 g/mol. The van der Waals surface area contributed by atoms with Gasteiger partial charge in [-0.1, -0.05) is 164 Å². The van der Waals surface area contributed by atoms with Gasteiger partial charge in [0.25, 0.3) is 0 Å². The highest BCUT2D eigenvalue weighted by Gasteiger charge is 2.16. The van der Waals surface area contributed by atoms with Crippen LogP contribution in [0.4, 0.5) is 17.1 Å². The van der Waals surface area contributed by atoms with Crippen molar-refractivity contribution in [1.82, 2.24) is 0 Å². The van der Waals surface area contributed by atoms with Crippen molar-refractivity contribution in [3.63, 3.8) is 0 Å². The van der Waals surface area contributed by atoms with Crippen molar-refractivity contribution in [3.8, 4) is 44.5 Å². The number of para-hydroxylation sites is 3. The minimum atomic E-state index is 0.917. The van der Waals surface area contributed by atoms with E-state index in [0.29, 0.717) is 0 Å². The monoisotopic (exact) mass is 639 g/mol. The van der Waals surface area contributed by atoms with Crippen molar-refractivity contribution in [2.45, 2.75) is 0 Å². The van der Waals surface area contributed by atoms with E-state index in [1.807, 2.05) is 6.07 Å². The van der Waals surface area contributed by atoms with Gasteiger partial charge in [0.1, 0.15) is 11.2 Å². The Morgan fingerprint density at radius 3 is 1.08 bits per heavy atom. The quantitative estimate of drug-likeness (QED) is 0.173. The largest absolute Gasteiger partial charge is 0.455 e. The van der Waals surface area contributed by atoms with Crippen LogP contribution >= 0.6 is 0 Å². The molecule has 0 unspecified atom stereocenters. The van der Waals surface area contributed by atoms with Crippen molar-refractivity contribution in [2.24, 2.45) is 0 Å². The van der Waals surface area contributed by atoms with Gasteiger partial charge in [-0.25, -0.2) is 0 Å². The molecule has 2 heteroatoms. The molecule has 0 N–H and O–H groups in total. The fourth-order valence-corrected chi connectivity index (χ4v) is 7.00. The van der Waals surface area contributed by atoms with Gasteiger partial charge in [0, 0.05) is 39.0 Å². The SMILES string of the molecule is c1ccc(-c2ccc(N(c3ccccc3)c3ccc(-c4ccc(-c5cccc6c5oc5c(-c7ccccc7)cccc56)cc4)cc3)cc2)cc1. The average molecular weight is 640 g/mol. The molecule has 0 aliphatic carbocycles. The number of hydrogen-bond acceptors (Lipinski definition) is 2. The third-order valence-corrected chi connectivity index (χ3v) is 9.51. The fraction of sp³-hybridized carbons (Fsp3) is 0. The molecule has 0 radical (unpaired) electrons. The standard InChI is InChI=1S/C48H33NO/c1-4-12-34(13-5-1)36-26-30-41(31-27-36)49(40-16-8-3-9-17-40)42-32-28-37(29-33-42)35-22-24-39(25-23-35)44-19-11-21-46-45-20-10-18-43(47(45)50-48(44)46)38-14-6-2-7-15-38/h1-33H. The number of nitrogens with zero attached hydrogens (tertiary/aromatic N) is 1. The molecule has 0 amide bonds. The van der Waals surface area contributed by atoms with Crippen molar-refractivity contribution in [3.05, 3.63) is 200 Å². The third-order valence-electron chi connectivity index (χ3n) is 9.51. The summed E-state index contributed by atoms with van der Waals surface area (Å²) in [6, 6.07) is 70.8. The Morgan fingerprint density at radius 2 is 0.600 bits per heavy atom. The first kappa shape index (κ1) is 29.5. The van der Waals surface area contributed by atoms with Gasteiger partial charge in [-0.2, -0.15) is 0 Å². The molecule has 0 saturated carbocycles. The maximum absolute atomic E-state index is 6.67. The first-order chi connectivity index (χ1) is 24.8. The zero-order chi connectivity index (χ0) is 33.3. The summed E-state index contributed by atoms with van der Waals surface area (Å²) < 4.78 is 6.67. The molecular formula is C48H33NO. The highest BCUT2D eigenvalue weighted by Crippen LogP contribution is 2.41. The summed E-state index contributed by atoms with van der Waals surface area (Å²) in [6.07, 6.45) is 0. The molecule has 0 atom stereocenters. The van der Waals surface area contributed by atoms with E-state index >= 15 is 0 Å². The van der Waals surface area contributed by atoms with Gasteiger partial charge >= 0.3 is 0 Å². The van der Waals surface area contributed by atoms with Crippen LogP contribution in [0.25, 0.3) is 66.4 Å². The van der Waals surface area contributed by atoms with E-state index in [1.54, 1.807) is 0 Å². The zero-order valence-corrected chi connectivity index (χ0v) is 27.4. The maximum atomic E-state index is 6.67. The molecule has 0 saturated heterocycles. The van der Waals surface area contributed by atoms with E-state index < -0.39 is 0 Å². The molecule has 0 aliphatic heterocycles. The Bertz CT molecular complexity index is 2530. The smallest absolute Gasteiger partial charge is 0.143 e. The third kappa shape index (κ3) is 5.43. The van der Waals surface area contributed by atoms with Crippen LogP contribution < -0.4 is 4.90 Å². The predicted molar refractivity (Wildman–Crippen MR) is 210 cm³/mol. The van der Waals surface area contributed by atoms with Crippen molar-refractivity contribution >= 4 is 39.0 Å². The van der Waals surface area contributed by atoms with Crippen molar-refractivity contribution in [2.75, 3.05) is 4.90 Å². The minimum absolute atomic E-state index is 0.917. The molecule has 50 heavy (non-hydrogen) atoms. The molecule has 0 bridgehead atoms. The van der Waals surface area contributed by atoms with Crippen molar-refractivity contribution < 1.29 is 4.42 Å². The van der Waals surface area contributed by atoms with Crippen molar-refractivity contribution in [1.29, 1.82) is 0 Å². The average Bonchev–Trinajstić information content (AvgIpc) is 3.59. The fourth-order valence-electron chi connectivity index (χ4n) is 7.00. The van der Waals surface area contributed by atoms with Crippen LogP contribution in [0.2, 0.25) is 0 Å². The lowest BCUT2D eigenvalue weighted by atomic mass is 9.98. The molecule has 8 aromatic carbocycles. The van der Waals surface area contributed by atoms with Gasteiger partial charge in [-0.3, -0.25) is 0 Å². The predicted octanol–water partition coefficient (Wildman–Crippen LogP) is 13.7. The molecule has 2 nitrogen and oxygen atoms in total. The lowest BCUT2D eigenvalue weighted by Crippen LogP contribution is -2.09. The molecule has 0 spiro atoms. The van der Waals surface area contributed by atoms with Crippen LogP contribution in [0.1, 0.15) is 0 Å². The van der Waals surface area contributed by atoms with Crippen LogP contribution in [0, 0.1) is 0 Å². The van der Waals surface area contributed by atoms with Crippen LogP contribution in [-0.4, -0.2) is 0 Å². The number of anilines is 3. The topological polar surface area (TPSA) is 16.4 Å².